The summed E-state index contributed by atoms with van der Waals surface area (Å²) in [6.07, 6.45) is 3.33. The molecule has 0 spiro atoms. The molecule has 1 unspecified atom stereocenters. The molecule has 2 aliphatic rings. The van der Waals surface area contributed by atoms with E-state index in [1.807, 2.05) is 96.1 Å². The standard InChI is InChI=1S/C31H31NO5S.C2H6/c1-19-20(2)28-25(21(3)27(19)33)14-15-31(4,37-28)18-36-24-12-10-22(11-13-24)16-26-29(34)32(30(35)38-26)17-23-8-6-5-7-9-23;1-2/h5-13,16,33H,14-15,17-18H2,1-4H3;1-2H3/b26-16-;. The summed E-state index contributed by atoms with van der Waals surface area (Å²) >= 11 is 0.962. The Bertz CT molecular complexity index is 1430. The molecule has 3 aromatic carbocycles. The van der Waals surface area contributed by atoms with E-state index in [1.54, 1.807) is 6.08 Å². The fourth-order valence-corrected chi connectivity index (χ4v) is 5.68. The van der Waals surface area contributed by atoms with Crippen LogP contribution in [0.1, 0.15) is 60.6 Å². The van der Waals surface area contributed by atoms with E-state index in [9.17, 15) is 14.7 Å². The van der Waals surface area contributed by atoms with Crippen molar-refractivity contribution in [2.45, 2.75) is 66.5 Å². The average molecular weight is 560 g/mol. The predicted octanol–water partition coefficient (Wildman–Crippen LogP) is 7.74. The highest BCUT2D eigenvalue weighted by Gasteiger charge is 2.36. The summed E-state index contributed by atoms with van der Waals surface area (Å²) in [6.45, 7) is 12.5. The minimum absolute atomic E-state index is 0.261. The second kappa shape index (κ2) is 12.2. The lowest BCUT2D eigenvalue weighted by Gasteiger charge is -2.37. The van der Waals surface area contributed by atoms with Crippen molar-refractivity contribution in [1.82, 2.24) is 4.90 Å². The van der Waals surface area contributed by atoms with E-state index < -0.39 is 5.60 Å². The highest BCUT2D eigenvalue weighted by molar-refractivity contribution is 8.18. The second-order valence-corrected chi connectivity index (χ2v) is 11.2. The monoisotopic (exact) mass is 559 g/mol. The SMILES string of the molecule is CC.Cc1c(C)c2c(c(C)c1O)CCC(C)(COc1ccc(/C=C3\SC(=O)N(Cc4ccccc4)C3=O)cc1)O2. The molecular weight excluding hydrogens is 522 g/mol. The van der Waals surface area contributed by atoms with E-state index in [0.717, 1.165) is 63.7 Å². The first-order chi connectivity index (χ1) is 19.1. The number of carbonyl (C=O) groups is 2. The van der Waals surface area contributed by atoms with Gasteiger partial charge in [0.15, 0.2) is 0 Å². The third-order valence-corrected chi connectivity index (χ3v) is 8.28. The zero-order chi connectivity index (χ0) is 29.0. The van der Waals surface area contributed by atoms with E-state index in [0.29, 0.717) is 23.0 Å². The summed E-state index contributed by atoms with van der Waals surface area (Å²) in [5.74, 6) is 1.63. The van der Waals surface area contributed by atoms with Crippen LogP contribution in [0.3, 0.4) is 0 Å². The van der Waals surface area contributed by atoms with E-state index in [1.165, 1.54) is 4.90 Å². The van der Waals surface area contributed by atoms with Gasteiger partial charge in [-0.05, 0) is 98.3 Å². The van der Waals surface area contributed by atoms with Crippen LogP contribution in [-0.4, -0.2) is 33.4 Å². The predicted molar refractivity (Wildman–Crippen MR) is 161 cm³/mol. The Balaban J connectivity index is 0.00000181. The maximum atomic E-state index is 12.8. The van der Waals surface area contributed by atoms with Crippen molar-refractivity contribution in [3.05, 3.63) is 92.9 Å². The molecule has 2 heterocycles. The van der Waals surface area contributed by atoms with Crippen LogP contribution in [0.5, 0.6) is 17.2 Å². The molecule has 1 atom stereocenters. The summed E-state index contributed by atoms with van der Waals surface area (Å²) in [7, 11) is 0. The van der Waals surface area contributed by atoms with Gasteiger partial charge in [0.05, 0.1) is 11.4 Å². The summed E-state index contributed by atoms with van der Waals surface area (Å²) in [4.78, 5) is 27.0. The summed E-state index contributed by atoms with van der Waals surface area (Å²) in [5, 5.41) is 10.2. The van der Waals surface area contributed by atoms with E-state index in [4.69, 9.17) is 9.47 Å². The Labute approximate surface area is 241 Å². The lowest BCUT2D eigenvalue weighted by molar-refractivity contribution is -0.123. The number of rotatable bonds is 6. The highest BCUT2D eigenvalue weighted by Crippen LogP contribution is 2.43. The number of hydrogen-bond acceptors (Lipinski definition) is 6. The number of thioether (sulfide) groups is 1. The molecule has 1 N–H and O–H groups in total. The van der Waals surface area contributed by atoms with Crippen LogP contribution < -0.4 is 9.47 Å². The van der Waals surface area contributed by atoms with Crippen LogP contribution in [0.4, 0.5) is 4.79 Å². The van der Waals surface area contributed by atoms with Gasteiger partial charge in [-0.2, -0.15) is 0 Å². The molecule has 1 saturated heterocycles. The van der Waals surface area contributed by atoms with Gasteiger partial charge in [0, 0.05) is 5.56 Å². The minimum Gasteiger partial charge on any atom is -0.507 e. The fourth-order valence-electron chi connectivity index (χ4n) is 4.85. The maximum absolute atomic E-state index is 12.8. The molecule has 7 heteroatoms. The number of phenolic OH excluding ortho intramolecular Hbond substituents is 1. The second-order valence-electron chi connectivity index (χ2n) is 10.2. The quantitative estimate of drug-likeness (QED) is 0.311. The Morgan fingerprint density at radius 3 is 2.35 bits per heavy atom. The van der Waals surface area contributed by atoms with Crippen LogP contribution in [0.15, 0.2) is 59.5 Å². The average Bonchev–Trinajstić information content (AvgIpc) is 3.23. The summed E-state index contributed by atoms with van der Waals surface area (Å²) in [6, 6.07) is 17.0. The van der Waals surface area contributed by atoms with Crippen molar-refractivity contribution in [1.29, 1.82) is 0 Å². The van der Waals surface area contributed by atoms with Gasteiger partial charge in [0.1, 0.15) is 29.5 Å². The van der Waals surface area contributed by atoms with Crippen molar-refractivity contribution in [2.75, 3.05) is 6.61 Å². The fraction of sp³-hybridized carbons (Fsp3) is 0.333. The van der Waals surface area contributed by atoms with E-state index in [2.05, 4.69) is 0 Å². The Kier molecular flexibility index (Phi) is 8.94. The van der Waals surface area contributed by atoms with Gasteiger partial charge in [-0.25, -0.2) is 0 Å². The number of amides is 2. The molecular formula is C33H37NO5S. The number of carbonyl (C=O) groups excluding carboxylic acids is 2. The topological polar surface area (TPSA) is 76.1 Å². The molecule has 6 nitrogen and oxygen atoms in total. The zero-order valence-electron chi connectivity index (χ0n) is 24.0. The Morgan fingerprint density at radius 1 is 1.00 bits per heavy atom. The Hall–Kier alpha value is -3.71. The molecule has 0 saturated carbocycles. The smallest absolute Gasteiger partial charge is 0.293 e. The third-order valence-electron chi connectivity index (χ3n) is 7.37. The van der Waals surface area contributed by atoms with Crippen molar-refractivity contribution in [2.24, 2.45) is 0 Å². The number of fused-ring (bicyclic) bond motifs is 1. The van der Waals surface area contributed by atoms with Crippen molar-refractivity contribution in [3.8, 4) is 17.2 Å². The molecule has 0 radical (unpaired) electrons. The zero-order valence-corrected chi connectivity index (χ0v) is 24.9. The van der Waals surface area contributed by atoms with Crippen LogP contribution in [0, 0.1) is 20.8 Å². The van der Waals surface area contributed by atoms with E-state index >= 15 is 0 Å². The molecule has 210 valence electrons. The molecule has 0 aromatic heterocycles. The number of imide groups is 1. The first-order valence-corrected chi connectivity index (χ1v) is 14.5. The van der Waals surface area contributed by atoms with Gasteiger partial charge < -0.3 is 14.6 Å². The largest absolute Gasteiger partial charge is 0.507 e. The normalized spacial score (nSPS) is 19.1. The highest BCUT2D eigenvalue weighted by atomic mass is 32.2. The molecule has 0 aliphatic carbocycles. The molecule has 2 aliphatic heterocycles. The number of phenols is 1. The summed E-state index contributed by atoms with van der Waals surface area (Å²) in [5.41, 5.74) is 5.00. The van der Waals surface area contributed by atoms with Gasteiger partial charge in [0.25, 0.3) is 11.1 Å². The first kappa shape index (κ1) is 29.3. The van der Waals surface area contributed by atoms with Gasteiger partial charge in [-0.15, -0.1) is 0 Å². The van der Waals surface area contributed by atoms with Gasteiger partial charge in [-0.1, -0.05) is 56.3 Å². The van der Waals surface area contributed by atoms with Crippen LogP contribution in [0.2, 0.25) is 0 Å². The van der Waals surface area contributed by atoms with Crippen molar-refractivity contribution < 1.29 is 24.2 Å². The van der Waals surface area contributed by atoms with Gasteiger partial charge >= 0.3 is 0 Å². The van der Waals surface area contributed by atoms with Crippen molar-refractivity contribution >= 4 is 29.0 Å². The lowest BCUT2D eigenvalue weighted by Crippen LogP contribution is -2.42. The van der Waals surface area contributed by atoms with Gasteiger partial charge in [0.2, 0.25) is 0 Å². The number of nitrogens with zero attached hydrogens (tertiary/aromatic N) is 1. The van der Waals surface area contributed by atoms with E-state index in [-0.39, 0.29) is 17.7 Å². The Morgan fingerprint density at radius 2 is 1.68 bits per heavy atom. The molecule has 5 rings (SSSR count). The molecule has 40 heavy (non-hydrogen) atoms. The maximum Gasteiger partial charge on any atom is 0.293 e. The molecule has 1 fully saturated rings. The third kappa shape index (κ3) is 6.04. The number of benzene rings is 3. The number of hydrogen-bond donors (Lipinski definition) is 1. The molecule has 3 aromatic rings. The van der Waals surface area contributed by atoms with Crippen LogP contribution in [-0.2, 0) is 17.8 Å². The van der Waals surface area contributed by atoms with Crippen LogP contribution in [0.25, 0.3) is 6.08 Å². The van der Waals surface area contributed by atoms with Crippen LogP contribution >= 0.6 is 11.8 Å². The lowest BCUT2D eigenvalue weighted by atomic mass is 9.87. The first-order valence-electron chi connectivity index (χ1n) is 13.7. The number of aromatic hydroxyl groups is 1. The summed E-state index contributed by atoms with van der Waals surface area (Å²) < 4.78 is 12.6. The van der Waals surface area contributed by atoms with Gasteiger partial charge in [-0.3, -0.25) is 14.5 Å². The number of ether oxygens (including phenoxy) is 2. The van der Waals surface area contributed by atoms with Crippen molar-refractivity contribution in [3.63, 3.8) is 0 Å². The molecule has 0 bridgehead atoms. The molecule has 2 amide bonds. The minimum atomic E-state index is -0.496.